The highest BCUT2D eigenvalue weighted by Crippen LogP contribution is 2.25. The third kappa shape index (κ3) is 7.11. The number of carbonyl (C=O) groups excluding carboxylic acids is 1. The van der Waals surface area contributed by atoms with Gasteiger partial charge in [-0.15, -0.1) is 5.10 Å². The van der Waals surface area contributed by atoms with E-state index in [9.17, 15) is 9.18 Å². The zero-order chi connectivity index (χ0) is 30.5. The topological polar surface area (TPSA) is 169 Å². The molecule has 1 fully saturated rings. The highest BCUT2D eigenvalue weighted by molar-refractivity contribution is 5.81. The molecule has 1 aliphatic rings. The lowest BCUT2D eigenvalue weighted by molar-refractivity contribution is -0.123. The van der Waals surface area contributed by atoms with E-state index >= 15 is 0 Å². The van der Waals surface area contributed by atoms with Crippen LogP contribution in [0.25, 0.3) is 17.4 Å². The van der Waals surface area contributed by atoms with E-state index in [1.54, 1.807) is 30.5 Å². The number of carbonyl (C=O) groups is 1. The normalized spacial score (nSPS) is 14.8. The van der Waals surface area contributed by atoms with E-state index in [1.807, 2.05) is 30.7 Å². The molecular formula is C28H38FN11O3. The number of amides is 1. The average Bonchev–Trinajstić information content (AvgIpc) is 3.69. The smallest absolute Gasteiger partial charge is 0.259 e. The van der Waals surface area contributed by atoms with Crippen molar-refractivity contribution < 1.29 is 18.3 Å². The van der Waals surface area contributed by atoms with Crippen LogP contribution in [-0.4, -0.2) is 101 Å². The van der Waals surface area contributed by atoms with Gasteiger partial charge >= 0.3 is 0 Å². The molecule has 43 heavy (non-hydrogen) atoms. The number of halogens is 1. The van der Waals surface area contributed by atoms with Crippen molar-refractivity contribution in [2.24, 2.45) is 11.7 Å². The first-order valence-electron chi connectivity index (χ1n) is 14.3. The fourth-order valence-electron chi connectivity index (χ4n) is 4.68. The van der Waals surface area contributed by atoms with E-state index in [-0.39, 0.29) is 30.2 Å². The maximum Gasteiger partial charge on any atom is 0.259 e. The minimum Gasteiger partial charge on any atom is -0.492 e. The van der Waals surface area contributed by atoms with E-state index in [4.69, 9.17) is 20.6 Å². The Balaban J connectivity index is 1.08. The number of nitrogens with two attached hydrogens (primary N) is 2. The van der Waals surface area contributed by atoms with Gasteiger partial charge in [0, 0.05) is 52.4 Å². The number of furan rings is 1. The van der Waals surface area contributed by atoms with Crippen LogP contribution in [0, 0.1) is 11.7 Å². The first-order valence-corrected chi connectivity index (χ1v) is 14.3. The molecule has 15 heteroatoms. The monoisotopic (exact) mass is 595 g/mol. The SMILES string of the molecule is CC(C)C(N)C(=O)NCCOc1ccc(N2CCN(CCN(C)c3nc(N)n4nc(-c5ccco5)nc4n3)CC2)c(F)c1. The summed E-state index contributed by atoms with van der Waals surface area (Å²) >= 11 is 0. The van der Waals surface area contributed by atoms with Gasteiger partial charge in [0.25, 0.3) is 5.78 Å². The molecule has 1 aliphatic heterocycles. The van der Waals surface area contributed by atoms with Crippen LogP contribution in [0.1, 0.15) is 13.8 Å². The fraction of sp³-hybridized carbons (Fsp3) is 0.464. The van der Waals surface area contributed by atoms with Gasteiger partial charge in [-0.3, -0.25) is 9.69 Å². The number of fused-ring (bicyclic) bond motifs is 1. The van der Waals surface area contributed by atoms with Gasteiger partial charge in [-0.25, -0.2) is 4.39 Å². The second kappa shape index (κ2) is 13.2. The van der Waals surface area contributed by atoms with Gasteiger partial charge in [-0.1, -0.05) is 13.8 Å². The third-order valence-electron chi connectivity index (χ3n) is 7.38. The lowest BCUT2D eigenvalue weighted by Crippen LogP contribution is -2.48. The number of ether oxygens (including phenoxy) is 1. The molecule has 1 aromatic carbocycles. The summed E-state index contributed by atoms with van der Waals surface area (Å²) in [7, 11) is 1.90. The number of aromatic nitrogens is 5. The number of likely N-dealkylation sites (N-methyl/N-ethyl adjacent to an activating group) is 1. The van der Waals surface area contributed by atoms with E-state index in [1.165, 1.54) is 10.6 Å². The Morgan fingerprint density at radius 2 is 1.98 bits per heavy atom. The van der Waals surface area contributed by atoms with Crippen LogP contribution in [0.2, 0.25) is 0 Å². The second-order valence-electron chi connectivity index (χ2n) is 10.8. The maximum atomic E-state index is 15.0. The van der Waals surface area contributed by atoms with E-state index < -0.39 is 6.04 Å². The molecule has 1 saturated heterocycles. The zero-order valence-corrected chi connectivity index (χ0v) is 24.6. The van der Waals surface area contributed by atoms with Crippen molar-refractivity contribution in [3.63, 3.8) is 0 Å². The molecule has 0 bridgehead atoms. The summed E-state index contributed by atoms with van der Waals surface area (Å²) in [5, 5.41) is 7.07. The first-order chi connectivity index (χ1) is 20.7. The molecule has 230 valence electrons. The Labute approximate surface area is 248 Å². The highest BCUT2D eigenvalue weighted by atomic mass is 19.1. The molecule has 4 heterocycles. The van der Waals surface area contributed by atoms with Crippen molar-refractivity contribution >= 4 is 29.3 Å². The van der Waals surface area contributed by atoms with E-state index in [0.717, 1.165) is 19.6 Å². The van der Waals surface area contributed by atoms with Crippen LogP contribution < -0.4 is 31.3 Å². The Bertz CT molecular complexity index is 1520. The highest BCUT2D eigenvalue weighted by Gasteiger charge is 2.21. The number of hydrogen-bond acceptors (Lipinski definition) is 12. The van der Waals surface area contributed by atoms with Crippen molar-refractivity contribution in [1.29, 1.82) is 0 Å². The molecule has 3 aromatic heterocycles. The molecule has 5 N–H and O–H groups in total. The summed E-state index contributed by atoms with van der Waals surface area (Å²) in [5.41, 5.74) is 12.5. The fourth-order valence-corrected chi connectivity index (χ4v) is 4.68. The average molecular weight is 596 g/mol. The van der Waals surface area contributed by atoms with Crippen molar-refractivity contribution in [1.82, 2.24) is 34.8 Å². The Morgan fingerprint density at radius 3 is 2.67 bits per heavy atom. The van der Waals surface area contributed by atoms with Crippen LogP contribution in [0.5, 0.6) is 5.75 Å². The van der Waals surface area contributed by atoms with E-state index in [0.29, 0.717) is 60.9 Å². The third-order valence-corrected chi connectivity index (χ3v) is 7.38. The molecule has 4 aromatic rings. The number of rotatable bonds is 12. The number of nitrogens with one attached hydrogen (secondary N) is 1. The molecule has 0 spiro atoms. The molecule has 1 atom stereocenters. The van der Waals surface area contributed by atoms with Gasteiger partial charge in [0.2, 0.25) is 23.6 Å². The molecule has 0 saturated carbocycles. The molecule has 5 rings (SSSR count). The number of benzene rings is 1. The van der Waals surface area contributed by atoms with Crippen LogP contribution in [0.15, 0.2) is 41.0 Å². The summed E-state index contributed by atoms with van der Waals surface area (Å²) in [6, 6.07) is 7.83. The van der Waals surface area contributed by atoms with Gasteiger partial charge in [0.05, 0.1) is 24.5 Å². The number of piperazine rings is 1. The minimum absolute atomic E-state index is 0.0462. The van der Waals surface area contributed by atoms with Crippen molar-refractivity contribution in [2.45, 2.75) is 19.9 Å². The quantitative estimate of drug-likeness (QED) is 0.201. The molecule has 14 nitrogen and oxygen atoms in total. The predicted octanol–water partition coefficient (Wildman–Crippen LogP) is 1.24. The summed E-state index contributed by atoms with van der Waals surface area (Å²) in [5.74, 6) is 1.77. The number of anilines is 3. The van der Waals surface area contributed by atoms with Gasteiger partial charge < -0.3 is 35.7 Å². The first kappa shape index (κ1) is 30.0. The number of hydrogen-bond donors (Lipinski definition) is 3. The number of nitrogens with zero attached hydrogens (tertiary/aromatic N) is 8. The van der Waals surface area contributed by atoms with E-state index in [2.05, 4.69) is 30.3 Å². The second-order valence-corrected chi connectivity index (χ2v) is 10.8. The minimum atomic E-state index is -0.565. The zero-order valence-electron chi connectivity index (χ0n) is 24.6. The summed E-state index contributed by atoms with van der Waals surface area (Å²) in [6.07, 6.45) is 1.55. The van der Waals surface area contributed by atoms with Gasteiger partial charge in [-0.05, 0) is 30.2 Å². The van der Waals surface area contributed by atoms with Crippen molar-refractivity contribution in [3.8, 4) is 17.3 Å². The summed E-state index contributed by atoms with van der Waals surface area (Å²) in [6.45, 7) is 8.66. The predicted molar refractivity (Wildman–Crippen MR) is 160 cm³/mol. The summed E-state index contributed by atoms with van der Waals surface area (Å²) in [4.78, 5) is 31.6. The van der Waals surface area contributed by atoms with Gasteiger partial charge in [0.15, 0.2) is 5.76 Å². The van der Waals surface area contributed by atoms with Gasteiger partial charge in [0.1, 0.15) is 18.2 Å². The maximum absolute atomic E-state index is 15.0. The Hall–Kier alpha value is -4.50. The van der Waals surface area contributed by atoms with Crippen LogP contribution in [-0.2, 0) is 4.79 Å². The number of nitrogen functional groups attached to an aromatic ring is 1. The molecule has 0 aliphatic carbocycles. The summed E-state index contributed by atoms with van der Waals surface area (Å²) < 4.78 is 27.3. The van der Waals surface area contributed by atoms with Crippen LogP contribution in [0.3, 0.4) is 0 Å². The molecule has 1 unspecified atom stereocenters. The van der Waals surface area contributed by atoms with Gasteiger partial charge in [-0.2, -0.15) is 19.5 Å². The largest absolute Gasteiger partial charge is 0.492 e. The van der Waals surface area contributed by atoms with Crippen LogP contribution in [0.4, 0.5) is 22.0 Å². The van der Waals surface area contributed by atoms with Crippen molar-refractivity contribution in [2.75, 3.05) is 75.0 Å². The Morgan fingerprint density at radius 1 is 1.19 bits per heavy atom. The lowest BCUT2D eigenvalue weighted by Gasteiger charge is -2.36. The standard InChI is InChI=1S/C28H38FN11O3/c1-18(2)23(30)25(41)32-8-16-42-19-6-7-21(20(29)17-19)39-13-11-38(12-14-39)10-9-37(3)27-34-26(31)40-28(35-27)33-24(36-40)22-5-4-15-43-22/h4-7,15,17-18,23H,8-14,16,30H2,1-3H3,(H,32,41)(H2,31,33,34,35,36). The molecule has 1 amide bonds. The Kier molecular flexibility index (Phi) is 9.21. The molecular weight excluding hydrogens is 557 g/mol. The van der Waals surface area contributed by atoms with Crippen molar-refractivity contribution in [3.05, 3.63) is 42.4 Å². The molecule has 0 radical (unpaired) electrons. The van der Waals surface area contributed by atoms with Crippen LogP contribution >= 0.6 is 0 Å². The lowest BCUT2D eigenvalue weighted by atomic mass is 10.1.